The Morgan fingerprint density at radius 1 is 1.12 bits per heavy atom. The van der Waals surface area contributed by atoms with E-state index in [1.807, 2.05) is 12.1 Å². The number of ether oxygens (including phenoxy) is 1. The third-order valence-electron chi connectivity index (χ3n) is 4.71. The molecule has 1 aromatic carbocycles. The van der Waals surface area contributed by atoms with Crippen LogP contribution in [0.25, 0.3) is 0 Å². The first-order valence-electron chi connectivity index (χ1n) is 9.00. The van der Waals surface area contributed by atoms with Crippen molar-refractivity contribution in [1.82, 2.24) is 14.8 Å². The molecular formula is C20H26N4O2. The molecule has 0 radical (unpaired) electrons. The Labute approximate surface area is 154 Å². The molecule has 1 fully saturated rings. The highest BCUT2D eigenvalue weighted by Gasteiger charge is 2.18. The van der Waals surface area contributed by atoms with Crippen molar-refractivity contribution in [1.29, 1.82) is 0 Å². The van der Waals surface area contributed by atoms with E-state index in [9.17, 15) is 4.79 Å². The number of nitrogens with zero attached hydrogens (tertiary/aromatic N) is 3. The lowest BCUT2D eigenvalue weighted by Crippen LogP contribution is -2.48. The van der Waals surface area contributed by atoms with Crippen molar-refractivity contribution in [3.8, 4) is 11.6 Å². The fourth-order valence-corrected chi connectivity index (χ4v) is 3.07. The molecule has 26 heavy (non-hydrogen) atoms. The van der Waals surface area contributed by atoms with E-state index in [1.165, 1.54) is 11.8 Å². The van der Waals surface area contributed by atoms with Crippen molar-refractivity contribution in [3.05, 3.63) is 53.7 Å². The summed E-state index contributed by atoms with van der Waals surface area (Å²) in [5.74, 6) is 0.660. The quantitative estimate of drug-likeness (QED) is 0.863. The van der Waals surface area contributed by atoms with Gasteiger partial charge in [0.1, 0.15) is 5.75 Å². The number of pyridine rings is 1. The summed E-state index contributed by atoms with van der Waals surface area (Å²) in [5.41, 5.74) is 6.84. The maximum Gasteiger partial charge on any atom is 0.250 e. The highest BCUT2D eigenvalue weighted by molar-refractivity contribution is 5.92. The van der Waals surface area contributed by atoms with E-state index in [4.69, 9.17) is 10.5 Å². The van der Waals surface area contributed by atoms with Gasteiger partial charge in [0.05, 0.1) is 5.56 Å². The Morgan fingerprint density at radius 2 is 1.81 bits per heavy atom. The van der Waals surface area contributed by atoms with E-state index in [2.05, 4.69) is 40.8 Å². The molecule has 3 rings (SSSR count). The summed E-state index contributed by atoms with van der Waals surface area (Å²) in [4.78, 5) is 20.2. The van der Waals surface area contributed by atoms with Gasteiger partial charge in [-0.15, -0.1) is 0 Å². The van der Waals surface area contributed by atoms with Crippen molar-refractivity contribution >= 4 is 5.91 Å². The van der Waals surface area contributed by atoms with E-state index >= 15 is 0 Å². The Morgan fingerprint density at radius 3 is 2.35 bits per heavy atom. The summed E-state index contributed by atoms with van der Waals surface area (Å²) in [6, 6.07) is 11.9. The lowest BCUT2D eigenvalue weighted by molar-refractivity contribution is 0.1000. The van der Waals surface area contributed by atoms with Crippen molar-refractivity contribution in [3.63, 3.8) is 0 Å². The molecule has 1 aliphatic rings. The van der Waals surface area contributed by atoms with Crippen LogP contribution >= 0.6 is 0 Å². The summed E-state index contributed by atoms with van der Waals surface area (Å²) in [7, 11) is 0. The number of hydrogen-bond donors (Lipinski definition) is 1. The summed E-state index contributed by atoms with van der Waals surface area (Å²) < 4.78 is 5.71. The van der Waals surface area contributed by atoms with Gasteiger partial charge in [0.2, 0.25) is 11.8 Å². The average Bonchev–Trinajstić information content (AvgIpc) is 2.64. The van der Waals surface area contributed by atoms with Gasteiger partial charge in [-0.1, -0.05) is 12.1 Å². The van der Waals surface area contributed by atoms with E-state index in [-0.39, 0.29) is 0 Å². The topological polar surface area (TPSA) is 71.7 Å². The first kappa shape index (κ1) is 18.4. The van der Waals surface area contributed by atoms with Crippen LogP contribution in [0.2, 0.25) is 0 Å². The van der Waals surface area contributed by atoms with Gasteiger partial charge in [-0.05, 0) is 37.6 Å². The van der Waals surface area contributed by atoms with Crippen LogP contribution in [0.4, 0.5) is 0 Å². The summed E-state index contributed by atoms with van der Waals surface area (Å²) in [6.07, 6.45) is 1.42. The average molecular weight is 354 g/mol. The minimum Gasteiger partial charge on any atom is -0.439 e. The van der Waals surface area contributed by atoms with Crippen molar-refractivity contribution in [2.45, 2.75) is 26.4 Å². The van der Waals surface area contributed by atoms with Crippen LogP contribution < -0.4 is 10.5 Å². The summed E-state index contributed by atoms with van der Waals surface area (Å²) in [5, 5.41) is 0. The highest BCUT2D eigenvalue weighted by Crippen LogP contribution is 2.21. The third-order valence-corrected chi connectivity index (χ3v) is 4.71. The predicted molar refractivity (Wildman–Crippen MR) is 101 cm³/mol. The molecule has 138 valence electrons. The lowest BCUT2D eigenvalue weighted by Gasteiger charge is -2.36. The Kier molecular flexibility index (Phi) is 5.85. The van der Waals surface area contributed by atoms with Gasteiger partial charge in [-0.3, -0.25) is 14.6 Å². The molecule has 1 saturated heterocycles. The van der Waals surface area contributed by atoms with Gasteiger partial charge in [0, 0.05) is 51.0 Å². The largest absolute Gasteiger partial charge is 0.439 e. The molecule has 0 unspecified atom stereocenters. The maximum absolute atomic E-state index is 11.1. The third kappa shape index (κ3) is 4.80. The van der Waals surface area contributed by atoms with Crippen LogP contribution in [-0.2, 0) is 6.54 Å². The van der Waals surface area contributed by atoms with Crippen LogP contribution in [0.3, 0.4) is 0 Å². The van der Waals surface area contributed by atoms with Crippen molar-refractivity contribution < 1.29 is 9.53 Å². The zero-order chi connectivity index (χ0) is 18.5. The van der Waals surface area contributed by atoms with Crippen molar-refractivity contribution in [2.75, 3.05) is 26.2 Å². The number of carbonyl (C=O) groups excluding carboxylic acids is 1. The molecule has 6 nitrogen and oxygen atoms in total. The molecule has 0 saturated carbocycles. The number of hydrogen-bond acceptors (Lipinski definition) is 5. The smallest absolute Gasteiger partial charge is 0.250 e. The van der Waals surface area contributed by atoms with Crippen LogP contribution in [0.1, 0.15) is 29.8 Å². The second-order valence-electron chi connectivity index (χ2n) is 6.90. The number of benzene rings is 1. The molecule has 1 aliphatic heterocycles. The normalized spacial score (nSPS) is 16.0. The highest BCUT2D eigenvalue weighted by atomic mass is 16.5. The zero-order valence-corrected chi connectivity index (χ0v) is 15.4. The molecule has 1 amide bonds. The Hall–Kier alpha value is -2.44. The maximum atomic E-state index is 11.1. The molecular weight excluding hydrogens is 328 g/mol. The van der Waals surface area contributed by atoms with E-state index in [0.717, 1.165) is 38.5 Å². The van der Waals surface area contributed by atoms with Crippen molar-refractivity contribution in [2.24, 2.45) is 5.73 Å². The van der Waals surface area contributed by atoms with Gasteiger partial charge in [0.15, 0.2) is 0 Å². The Balaban J connectivity index is 1.53. The number of carbonyl (C=O) groups is 1. The summed E-state index contributed by atoms with van der Waals surface area (Å²) in [6.45, 7) is 9.93. The molecule has 0 bridgehead atoms. The molecule has 0 spiro atoms. The molecule has 0 aliphatic carbocycles. The number of amides is 1. The van der Waals surface area contributed by atoms with E-state index in [1.54, 1.807) is 12.1 Å². The predicted octanol–water partition coefficient (Wildman–Crippen LogP) is 2.50. The standard InChI is InChI=1S/C20H26N4O2/c1-15(2)24-11-9-23(10-12-24)14-16-3-6-18(7-4-16)26-19-8-5-17(13-22-19)20(21)25/h3-8,13,15H,9-12,14H2,1-2H3,(H2,21,25). The SMILES string of the molecule is CC(C)N1CCN(Cc2ccc(Oc3ccc(C(N)=O)cn3)cc2)CC1. The molecule has 0 atom stereocenters. The fraction of sp³-hybridized carbons (Fsp3) is 0.400. The number of nitrogens with two attached hydrogens (primary N) is 1. The second kappa shape index (κ2) is 8.29. The Bertz CT molecular complexity index is 720. The molecule has 6 heteroatoms. The van der Waals surface area contributed by atoms with Crippen LogP contribution in [-0.4, -0.2) is 52.9 Å². The van der Waals surface area contributed by atoms with Crippen LogP contribution in [0, 0.1) is 0 Å². The minimum absolute atomic E-state index is 0.366. The minimum atomic E-state index is -0.498. The van der Waals surface area contributed by atoms with Crippen LogP contribution in [0.5, 0.6) is 11.6 Å². The molecule has 2 heterocycles. The molecule has 2 N–H and O–H groups in total. The second-order valence-corrected chi connectivity index (χ2v) is 6.90. The fourth-order valence-electron chi connectivity index (χ4n) is 3.07. The van der Waals surface area contributed by atoms with Gasteiger partial charge < -0.3 is 10.5 Å². The zero-order valence-electron chi connectivity index (χ0n) is 15.4. The van der Waals surface area contributed by atoms with Gasteiger partial charge in [0.25, 0.3) is 0 Å². The van der Waals surface area contributed by atoms with E-state index in [0.29, 0.717) is 17.5 Å². The number of primary amides is 1. The molecule has 2 aromatic rings. The monoisotopic (exact) mass is 354 g/mol. The van der Waals surface area contributed by atoms with Gasteiger partial charge in [-0.2, -0.15) is 0 Å². The first-order valence-corrected chi connectivity index (χ1v) is 9.00. The first-order chi connectivity index (χ1) is 12.5. The van der Waals surface area contributed by atoms with Gasteiger partial charge >= 0.3 is 0 Å². The molecule has 1 aromatic heterocycles. The van der Waals surface area contributed by atoms with Crippen LogP contribution in [0.15, 0.2) is 42.6 Å². The summed E-state index contributed by atoms with van der Waals surface area (Å²) >= 11 is 0. The number of aromatic nitrogens is 1. The van der Waals surface area contributed by atoms with E-state index < -0.39 is 5.91 Å². The van der Waals surface area contributed by atoms with Gasteiger partial charge in [-0.25, -0.2) is 4.98 Å². The number of rotatable bonds is 6. The number of piperazine rings is 1. The lowest BCUT2D eigenvalue weighted by atomic mass is 10.2.